The van der Waals surface area contributed by atoms with Gasteiger partial charge in [-0.3, -0.25) is 4.79 Å². The second-order valence-corrected chi connectivity index (χ2v) is 7.34. The normalized spacial score (nSPS) is 23.6. The van der Waals surface area contributed by atoms with Crippen molar-refractivity contribution >= 4 is 17.7 Å². The SMILES string of the molecule is O=C(C1CCOCC1)N1CCS[C@H](c2cc(F)ccc2F)CC1. The number of nitrogens with zero attached hydrogens (tertiary/aromatic N) is 1. The van der Waals surface area contributed by atoms with Gasteiger partial charge in [-0.15, -0.1) is 0 Å². The van der Waals surface area contributed by atoms with Crippen LogP contribution in [0.2, 0.25) is 0 Å². The minimum absolute atomic E-state index is 0.0520. The van der Waals surface area contributed by atoms with Crippen molar-refractivity contribution in [1.29, 1.82) is 0 Å². The summed E-state index contributed by atoms with van der Waals surface area (Å²) in [5.41, 5.74) is 0.412. The Hall–Kier alpha value is -1.14. The van der Waals surface area contributed by atoms with Gasteiger partial charge in [0.05, 0.1) is 0 Å². The maximum atomic E-state index is 14.0. The molecule has 2 aliphatic heterocycles. The zero-order valence-electron chi connectivity index (χ0n) is 13.0. The summed E-state index contributed by atoms with van der Waals surface area (Å²) >= 11 is 1.60. The van der Waals surface area contributed by atoms with Crippen LogP contribution in [-0.4, -0.2) is 42.9 Å². The number of amides is 1. The predicted molar refractivity (Wildman–Crippen MR) is 86.3 cm³/mol. The Morgan fingerprint density at radius 1 is 1.17 bits per heavy atom. The number of carbonyl (C=O) groups excluding carboxylic acids is 1. The first-order chi connectivity index (χ1) is 11.1. The number of benzene rings is 1. The Balaban J connectivity index is 1.64. The third-order valence-corrected chi connectivity index (χ3v) is 5.84. The van der Waals surface area contributed by atoms with Crippen molar-refractivity contribution in [3.63, 3.8) is 0 Å². The topological polar surface area (TPSA) is 29.5 Å². The molecule has 0 bridgehead atoms. The fourth-order valence-electron chi connectivity index (χ4n) is 3.20. The van der Waals surface area contributed by atoms with Gasteiger partial charge < -0.3 is 9.64 Å². The summed E-state index contributed by atoms with van der Waals surface area (Å²) in [6.07, 6.45) is 2.22. The minimum atomic E-state index is -0.415. The van der Waals surface area contributed by atoms with Crippen LogP contribution in [0, 0.1) is 17.6 Å². The lowest BCUT2D eigenvalue weighted by molar-refractivity contribution is -0.138. The largest absolute Gasteiger partial charge is 0.381 e. The Bertz CT molecular complexity index is 564. The van der Waals surface area contributed by atoms with Gasteiger partial charge in [0.1, 0.15) is 11.6 Å². The lowest BCUT2D eigenvalue weighted by Gasteiger charge is -2.28. The number of thioether (sulfide) groups is 1. The third-order valence-electron chi connectivity index (χ3n) is 4.53. The van der Waals surface area contributed by atoms with E-state index >= 15 is 0 Å². The quantitative estimate of drug-likeness (QED) is 0.826. The molecule has 3 nitrogen and oxygen atoms in total. The lowest BCUT2D eigenvalue weighted by atomic mass is 9.98. The molecule has 1 atom stereocenters. The Kier molecular flexibility index (Phi) is 5.54. The molecule has 2 saturated heterocycles. The van der Waals surface area contributed by atoms with Crippen molar-refractivity contribution in [3.8, 4) is 0 Å². The average Bonchev–Trinajstić information content (AvgIpc) is 2.83. The molecule has 0 unspecified atom stereocenters. The van der Waals surface area contributed by atoms with E-state index in [1.165, 1.54) is 12.1 Å². The highest BCUT2D eigenvalue weighted by atomic mass is 32.2. The molecule has 6 heteroatoms. The maximum Gasteiger partial charge on any atom is 0.225 e. The van der Waals surface area contributed by atoms with Crippen LogP contribution in [0.25, 0.3) is 0 Å². The van der Waals surface area contributed by atoms with E-state index in [-0.39, 0.29) is 22.9 Å². The molecule has 0 radical (unpaired) electrons. The van der Waals surface area contributed by atoms with E-state index in [1.807, 2.05) is 4.90 Å². The molecular weight excluding hydrogens is 320 g/mol. The van der Waals surface area contributed by atoms with E-state index in [9.17, 15) is 13.6 Å². The first kappa shape index (κ1) is 16.7. The van der Waals surface area contributed by atoms with Gasteiger partial charge in [-0.25, -0.2) is 8.78 Å². The number of hydrogen-bond acceptors (Lipinski definition) is 3. The van der Waals surface area contributed by atoms with Crippen molar-refractivity contribution < 1.29 is 18.3 Å². The maximum absolute atomic E-state index is 14.0. The van der Waals surface area contributed by atoms with Crippen LogP contribution in [0.4, 0.5) is 8.78 Å². The number of ether oxygens (including phenoxy) is 1. The van der Waals surface area contributed by atoms with Crippen LogP contribution >= 0.6 is 11.8 Å². The number of halogens is 2. The molecular formula is C17H21F2NO2S. The van der Waals surface area contributed by atoms with E-state index < -0.39 is 5.82 Å². The van der Waals surface area contributed by atoms with Gasteiger partial charge in [0, 0.05) is 48.8 Å². The highest BCUT2D eigenvalue weighted by Gasteiger charge is 2.29. The zero-order valence-corrected chi connectivity index (χ0v) is 13.8. The summed E-state index contributed by atoms with van der Waals surface area (Å²) in [7, 11) is 0. The van der Waals surface area contributed by atoms with Crippen molar-refractivity contribution in [1.82, 2.24) is 4.90 Å². The summed E-state index contributed by atoms with van der Waals surface area (Å²) in [5.74, 6) is 0.204. The Morgan fingerprint density at radius 2 is 1.96 bits per heavy atom. The molecule has 2 fully saturated rings. The predicted octanol–water partition coefficient (Wildman–Crippen LogP) is 3.40. The molecule has 1 aromatic rings. The van der Waals surface area contributed by atoms with Crippen molar-refractivity contribution in [2.45, 2.75) is 24.5 Å². The van der Waals surface area contributed by atoms with Gasteiger partial charge in [-0.2, -0.15) is 11.8 Å². The standard InChI is InChI=1S/C17H21F2NO2S/c18-13-1-2-15(19)14(11-13)16-3-6-20(7-10-23-16)17(21)12-4-8-22-9-5-12/h1-2,11-12,16H,3-10H2/t16-/m0/s1. The summed E-state index contributed by atoms with van der Waals surface area (Å²) in [6.45, 7) is 2.57. The van der Waals surface area contributed by atoms with Gasteiger partial charge in [0.25, 0.3) is 0 Å². The number of carbonyl (C=O) groups is 1. The van der Waals surface area contributed by atoms with Crippen LogP contribution < -0.4 is 0 Å². The highest BCUT2D eigenvalue weighted by Crippen LogP contribution is 2.36. The van der Waals surface area contributed by atoms with E-state index in [4.69, 9.17) is 4.74 Å². The van der Waals surface area contributed by atoms with Gasteiger partial charge >= 0.3 is 0 Å². The van der Waals surface area contributed by atoms with Gasteiger partial charge in [-0.1, -0.05) is 0 Å². The molecule has 2 heterocycles. The summed E-state index contributed by atoms with van der Waals surface area (Å²) in [6, 6.07) is 3.60. The first-order valence-corrected chi connectivity index (χ1v) is 9.13. The average molecular weight is 341 g/mol. The summed E-state index contributed by atoms with van der Waals surface area (Å²) in [4.78, 5) is 14.5. The molecule has 0 aliphatic carbocycles. The molecule has 0 N–H and O–H groups in total. The lowest BCUT2D eigenvalue weighted by Crippen LogP contribution is -2.39. The first-order valence-electron chi connectivity index (χ1n) is 8.08. The second-order valence-electron chi connectivity index (χ2n) is 6.03. The van der Waals surface area contributed by atoms with Crippen molar-refractivity contribution in [2.75, 3.05) is 32.1 Å². The molecule has 3 rings (SSSR count). The Labute approximate surface area is 139 Å². The van der Waals surface area contributed by atoms with E-state index in [1.54, 1.807) is 11.8 Å². The van der Waals surface area contributed by atoms with E-state index in [0.717, 1.165) is 24.7 Å². The molecule has 2 aliphatic rings. The fourth-order valence-corrected chi connectivity index (χ4v) is 4.45. The number of rotatable bonds is 2. The molecule has 23 heavy (non-hydrogen) atoms. The second kappa shape index (κ2) is 7.62. The van der Waals surface area contributed by atoms with Crippen LogP contribution in [-0.2, 0) is 9.53 Å². The molecule has 0 aromatic heterocycles. The minimum Gasteiger partial charge on any atom is -0.381 e. The van der Waals surface area contributed by atoms with E-state index in [2.05, 4.69) is 0 Å². The van der Waals surface area contributed by atoms with Crippen LogP contribution in [0.1, 0.15) is 30.1 Å². The van der Waals surface area contributed by atoms with E-state index in [0.29, 0.717) is 38.3 Å². The molecule has 0 saturated carbocycles. The third kappa shape index (κ3) is 4.04. The van der Waals surface area contributed by atoms with Gasteiger partial charge in [0.15, 0.2) is 0 Å². The molecule has 126 valence electrons. The van der Waals surface area contributed by atoms with Crippen LogP contribution in [0.5, 0.6) is 0 Å². The molecule has 0 spiro atoms. The monoisotopic (exact) mass is 341 g/mol. The van der Waals surface area contributed by atoms with Crippen molar-refractivity contribution in [2.24, 2.45) is 5.92 Å². The molecule has 1 amide bonds. The number of hydrogen-bond donors (Lipinski definition) is 0. The summed E-state index contributed by atoms with van der Waals surface area (Å²) in [5, 5.41) is -0.0989. The van der Waals surface area contributed by atoms with Crippen LogP contribution in [0.3, 0.4) is 0 Å². The Morgan fingerprint density at radius 3 is 2.74 bits per heavy atom. The van der Waals surface area contributed by atoms with Crippen molar-refractivity contribution in [3.05, 3.63) is 35.4 Å². The zero-order chi connectivity index (χ0) is 16.2. The molecule has 1 aromatic carbocycles. The van der Waals surface area contributed by atoms with Crippen LogP contribution in [0.15, 0.2) is 18.2 Å². The summed E-state index contributed by atoms with van der Waals surface area (Å²) < 4.78 is 32.7. The van der Waals surface area contributed by atoms with Gasteiger partial charge in [-0.05, 0) is 37.5 Å². The fraction of sp³-hybridized carbons (Fsp3) is 0.588. The highest BCUT2D eigenvalue weighted by molar-refractivity contribution is 7.99. The smallest absolute Gasteiger partial charge is 0.225 e. The van der Waals surface area contributed by atoms with Gasteiger partial charge in [0.2, 0.25) is 5.91 Å².